The largest absolute Gasteiger partial charge is 0.376 e. The molecule has 0 spiro atoms. The van der Waals surface area contributed by atoms with E-state index in [0.29, 0.717) is 38.8 Å². The zero-order valence-corrected chi connectivity index (χ0v) is 9.35. The van der Waals surface area contributed by atoms with Crippen LogP contribution in [-0.2, 0) is 14.3 Å². The van der Waals surface area contributed by atoms with E-state index < -0.39 is 6.10 Å². The Bertz CT molecular complexity index is 292. The highest BCUT2D eigenvalue weighted by atomic mass is 16.6. The van der Waals surface area contributed by atoms with E-state index in [-0.39, 0.29) is 11.4 Å². The van der Waals surface area contributed by atoms with Gasteiger partial charge in [0, 0.05) is 13.1 Å². The Morgan fingerprint density at radius 1 is 1.31 bits per heavy atom. The molecule has 16 heavy (non-hydrogen) atoms. The molecule has 2 N–H and O–H groups in total. The predicted octanol–water partition coefficient (Wildman–Crippen LogP) is -0.648. The topological polar surface area (TPSA) is 64.8 Å². The van der Waals surface area contributed by atoms with Gasteiger partial charge in [0.1, 0.15) is 0 Å². The van der Waals surface area contributed by atoms with Crippen molar-refractivity contribution in [2.24, 2.45) is 11.7 Å². The molecular weight excluding hydrogens is 208 g/mol. The maximum atomic E-state index is 12.0. The smallest absolute Gasteiger partial charge is 0.254 e. The van der Waals surface area contributed by atoms with Crippen LogP contribution in [0.15, 0.2) is 0 Å². The van der Waals surface area contributed by atoms with Gasteiger partial charge in [-0.15, -0.1) is 0 Å². The van der Waals surface area contributed by atoms with Gasteiger partial charge in [-0.3, -0.25) is 4.79 Å². The molecule has 1 aliphatic carbocycles. The Hall–Kier alpha value is -0.650. The fourth-order valence-corrected chi connectivity index (χ4v) is 2.57. The third-order valence-electron chi connectivity index (χ3n) is 3.76. The third-order valence-corrected chi connectivity index (χ3v) is 3.76. The van der Waals surface area contributed by atoms with Gasteiger partial charge in [0.15, 0.2) is 6.10 Å². The number of nitrogens with two attached hydrogens (primary N) is 1. The molecule has 2 saturated heterocycles. The predicted molar refractivity (Wildman–Crippen MR) is 56.8 cm³/mol. The average molecular weight is 226 g/mol. The standard InChI is InChI=1S/C11H18N2O3/c12-11(8-1-2-8)6-13(7-11)10(14)9-5-15-3-4-16-9/h8-9H,1-7,12H2. The molecule has 5 heteroatoms. The monoisotopic (exact) mass is 226 g/mol. The van der Waals surface area contributed by atoms with Crippen LogP contribution in [0.3, 0.4) is 0 Å². The Morgan fingerprint density at radius 3 is 2.62 bits per heavy atom. The molecule has 90 valence electrons. The van der Waals surface area contributed by atoms with Gasteiger partial charge in [-0.2, -0.15) is 0 Å². The Balaban J connectivity index is 1.53. The van der Waals surface area contributed by atoms with Crippen LogP contribution in [0.2, 0.25) is 0 Å². The van der Waals surface area contributed by atoms with Crippen molar-refractivity contribution in [3.8, 4) is 0 Å². The van der Waals surface area contributed by atoms with Crippen LogP contribution in [0.4, 0.5) is 0 Å². The van der Waals surface area contributed by atoms with Crippen molar-refractivity contribution < 1.29 is 14.3 Å². The van der Waals surface area contributed by atoms with Crippen LogP contribution in [0.5, 0.6) is 0 Å². The van der Waals surface area contributed by atoms with Gasteiger partial charge in [-0.25, -0.2) is 0 Å². The van der Waals surface area contributed by atoms with Crippen molar-refractivity contribution in [3.05, 3.63) is 0 Å². The van der Waals surface area contributed by atoms with Crippen molar-refractivity contribution >= 4 is 5.91 Å². The average Bonchev–Trinajstić information content (AvgIpc) is 3.09. The number of nitrogens with zero attached hydrogens (tertiary/aromatic N) is 1. The second-order valence-corrected chi connectivity index (χ2v) is 5.14. The van der Waals surface area contributed by atoms with E-state index in [1.54, 1.807) is 4.90 Å². The first-order valence-electron chi connectivity index (χ1n) is 5.96. The Kier molecular flexibility index (Phi) is 2.42. The molecule has 1 amide bonds. The molecule has 5 nitrogen and oxygen atoms in total. The molecule has 2 aliphatic heterocycles. The highest BCUT2D eigenvalue weighted by molar-refractivity contribution is 5.82. The lowest BCUT2D eigenvalue weighted by Gasteiger charge is -2.49. The van der Waals surface area contributed by atoms with Gasteiger partial charge in [-0.1, -0.05) is 0 Å². The van der Waals surface area contributed by atoms with E-state index >= 15 is 0 Å². The van der Waals surface area contributed by atoms with Crippen molar-refractivity contribution in [1.29, 1.82) is 0 Å². The molecule has 3 fully saturated rings. The number of ether oxygens (including phenoxy) is 2. The summed E-state index contributed by atoms with van der Waals surface area (Å²) in [5, 5.41) is 0. The summed E-state index contributed by atoms with van der Waals surface area (Å²) in [5.74, 6) is 0.682. The van der Waals surface area contributed by atoms with Crippen LogP contribution in [0.25, 0.3) is 0 Å². The zero-order chi connectivity index (χ0) is 11.2. The number of hydrogen-bond donors (Lipinski definition) is 1. The van der Waals surface area contributed by atoms with Crippen molar-refractivity contribution in [2.45, 2.75) is 24.5 Å². The van der Waals surface area contributed by atoms with E-state index in [2.05, 4.69) is 0 Å². The summed E-state index contributed by atoms with van der Waals surface area (Å²) >= 11 is 0. The second kappa shape index (κ2) is 3.68. The van der Waals surface area contributed by atoms with Crippen molar-refractivity contribution in [3.63, 3.8) is 0 Å². The lowest BCUT2D eigenvalue weighted by Crippen LogP contribution is -2.71. The molecule has 0 aromatic carbocycles. The summed E-state index contributed by atoms with van der Waals surface area (Å²) in [4.78, 5) is 13.8. The van der Waals surface area contributed by atoms with Crippen LogP contribution >= 0.6 is 0 Å². The molecule has 1 atom stereocenters. The number of carbonyl (C=O) groups excluding carboxylic acids is 1. The fraction of sp³-hybridized carbons (Fsp3) is 0.909. The molecule has 1 saturated carbocycles. The molecule has 3 aliphatic rings. The molecular formula is C11H18N2O3. The lowest BCUT2D eigenvalue weighted by molar-refractivity contribution is -0.165. The molecule has 3 rings (SSSR count). The quantitative estimate of drug-likeness (QED) is 0.679. The van der Waals surface area contributed by atoms with Gasteiger partial charge in [0.2, 0.25) is 0 Å². The first kappa shape index (κ1) is 10.5. The molecule has 0 aromatic heterocycles. The minimum absolute atomic E-state index is 0.0430. The van der Waals surface area contributed by atoms with Crippen molar-refractivity contribution in [2.75, 3.05) is 32.9 Å². The summed E-state index contributed by atoms with van der Waals surface area (Å²) in [6.07, 6.45) is 2.04. The number of amides is 1. The van der Waals surface area contributed by atoms with Crippen LogP contribution in [0, 0.1) is 5.92 Å². The normalized spacial score (nSPS) is 33.3. The zero-order valence-electron chi connectivity index (χ0n) is 9.35. The Morgan fingerprint density at radius 2 is 2.06 bits per heavy atom. The maximum Gasteiger partial charge on any atom is 0.254 e. The van der Waals surface area contributed by atoms with E-state index in [0.717, 1.165) is 0 Å². The highest BCUT2D eigenvalue weighted by Crippen LogP contribution is 2.43. The number of likely N-dealkylation sites (tertiary alicyclic amines) is 1. The molecule has 2 heterocycles. The van der Waals surface area contributed by atoms with Crippen LogP contribution in [-0.4, -0.2) is 55.4 Å². The SMILES string of the molecule is NC1(C2CC2)CN(C(=O)C2COCCO2)C1. The number of carbonyl (C=O) groups is 1. The minimum atomic E-state index is -0.405. The third kappa shape index (κ3) is 1.73. The Labute approximate surface area is 94.9 Å². The van der Waals surface area contributed by atoms with Gasteiger partial charge >= 0.3 is 0 Å². The summed E-state index contributed by atoms with van der Waals surface area (Å²) in [6.45, 7) is 2.87. The van der Waals surface area contributed by atoms with Crippen LogP contribution < -0.4 is 5.73 Å². The van der Waals surface area contributed by atoms with E-state index in [9.17, 15) is 4.79 Å². The van der Waals surface area contributed by atoms with E-state index in [4.69, 9.17) is 15.2 Å². The lowest BCUT2D eigenvalue weighted by atomic mass is 9.85. The number of hydrogen-bond acceptors (Lipinski definition) is 4. The highest BCUT2D eigenvalue weighted by Gasteiger charge is 2.52. The second-order valence-electron chi connectivity index (χ2n) is 5.14. The number of rotatable bonds is 2. The molecule has 0 bridgehead atoms. The summed E-state index contributed by atoms with van der Waals surface area (Å²) in [5.41, 5.74) is 6.09. The van der Waals surface area contributed by atoms with Gasteiger partial charge in [0.25, 0.3) is 5.91 Å². The maximum absolute atomic E-state index is 12.0. The fourth-order valence-electron chi connectivity index (χ4n) is 2.57. The van der Waals surface area contributed by atoms with Gasteiger partial charge in [-0.05, 0) is 18.8 Å². The van der Waals surface area contributed by atoms with E-state index in [1.807, 2.05) is 0 Å². The van der Waals surface area contributed by atoms with E-state index in [1.165, 1.54) is 12.8 Å². The molecule has 0 radical (unpaired) electrons. The first-order valence-corrected chi connectivity index (χ1v) is 5.96. The molecule has 1 unspecified atom stereocenters. The first-order chi connectivity index (χ1) is 7.69. The summed E-state index contributed by atoms with van der Waals surface area (Å²) in [6, 6.07) is 0. The minimum Gasteiger partial charge on any atom is -0.376 e. The van der Waals surface area contributed by atoms with Crippen LogP contribution in [0.1, 0.15) is 12.8 Å². The van der Waals surface area contributed by atoms with Gasteiger partial charge < -0.3 is 20.1 Å². The molecule has 0 aromatic rings. The summed E-state index contributed by atoms with van der Waals surface area (Å²) < 4.78 is 10.6. The van der Waals surface area contributed by atoms with Gasteiger partial charge in [0.05, 0.1) is 25.4 Å². The summed E-state index contributed by atoms with van der Waals surface area (Å²) in [7, 11) is 0. The van der Waals surface area contributed by atoms with Crippen molar-refractivity contribution in [1.82, 2.24) is 4.90 Å².